The van der Waals surface area contributed by atoms with E-state index in [4.69, 9.17) is 0 Å². The summed E-state index contributed by atoms with van der Waals surface area (Å²) in [5, 5.41) is 0. The highest BCUT2D eigenvalue weighted by Crippen LogP contribution is 2.13. The maximum absolute atomic E-state index is 12.1. The second kappa shape index (κ2) is 3.85. The van der Waals surface area contributed by atoms with Gasteiger partial charge in [-0.25, -0.2) is 0 Å². The summed E-state index contributed by atoms with van der Waals surface area (Å²) in [7, 11) is 0. The number of hydrogen-bond acceptors (Lipinski definition) is 2. The van der Waals surface area contributed by atoms with Crippen molar-refractivity contribution >= 4 is 11.7 Å². The van der Waals surface area contributed by atoms with Crippen molar-refractivity contribution in [1.29, 1.82) is 0 Å². The van der Waals surface area contributed by atoms with E-state index in [0.29, 0.717) is 6.54 Å². The van der Waals surface area contributed by atoms with Crippen LogP contribution in [0.1, 0.15) is 22.8 Å². The fraction of sp³-hybridized carbons (Fsp3) is 0.333. The minimum absolute atomic E-state index is 0.0619. The van der Waals surface area contributed by atoms with Crippen molar-refractivity contribution < 1.29 is 4.79 Å². The van der Waals surface area contributed by atoms with Crippen LogP contribution in [-0.2, 0) is 0 Å². The molecule has 0 spiro atoms. The summed E-state index contributed by atoms with van der Waals surface area (Å²) < 4.78 is 0. The van der Waals surface area contributed by atoms with E-state index in [-0.39, 0.29) is 5.91 Å². The smallest absolute Gasteiger partial charge is 0.259 e. The van der Waals surface area contributed by atoms with Crippen molar-refractivity contribution in [3.63, 3.8) is 0 Å². The number of carbonyl (C=O) groups excluding carboxylic acids is 1. The highest BCUT2D eigenvalue weighted by atomic mass is 16.2. The summed E-state index contributed by atoms with van der Waals surface area (Å²) in [6.45, 7) is 5.27. The molecular formula is C12H14N2O. The van der Waals surface area contributed by atoms with Crippen LogP contribution < -0.4 is 0 Å². The average Bonchev–Trinajstić information content (AvgIpc) is 2.64. The molecule has 0 saturated heterocycles. The van der Waals surface area contributed by atoms with Crippen LogP contribution in [0.3, 0.4) is 0 Å². The standard InChI is InChI=1S/C12H14N2O/c1-9-5-3-4-6-11(9)12(15)14-8-7-13-10(14)2/h3-6H,7-8H2,1-2H3. The third-order valence-electron chi connectivity index (χ3n) is 2.68. The van der Waals surface area contributed by atoms with Crippen LogP contribution in [0.15, 0.2) is 29.3 Å². The first-order valence-electron chi connectivity index (χ1n) is 5.08. The quantitative estimate of drug-likeness (QED) is 0.684. The van der Waals surface area contributed by atoms with Gasteiger partial charge in [0.15, 0.2) is 0 Å². The fourth-order valence-electron chi connectivity index (χ4n) is 1.77. The molecule has 15 heavy (non-hydrogen) atoms. The molecule has 1 aliphatic rings. The summed E-state index contributed by atoms with van der Waals surface area (Å²) in [6, 6.07) is 7.65. The number of aliphatic imine (C=N–C) groups is 1. The molecule has 1 amide bonds. The summed E-state index contributed by atoms with van der Waals surface area (Å²) in [4.78, 5) is 18.1. The van der Waals surface area contributed by atoms with E-state index < -0.39 is 0 Å². The van der Waals surface area contributed by atoms with Crippen LogP contribution in [-0.4, -0.2) is 29.7 Å². The molecule has 0 unspecified atom stereocenters. The van der Waals surface area contributed by atoms with Crippen LogP contribution in [0, 0.1) is 6.92 Å². The molecule has 1 heterocycles. The van der Waals surface area contributed by atoms with Gasteiger partial charge < -0.3 is 0 Å². The zero-order valence-electron chi connectivity index (χ0n) is 9.03. The Balaban J connectivity index is 2.29. The van der Waals surface area contributed by atoms with Crippen molar-refractivity contribution in [3.8, 4) is 0 Å². The number of benzene rings is 1. The van der Waals surface area contributed by atoms with Gasteiger partial charge in [0, 0.05) is 12.1 Å². The molecule has 0 aliphatic carbocycles. The Morgan fingerprint density at radius 2 is 2.07 bits per heavy atom. The van der Waals surface area contributed by atoms with Gasteiger partial charge in [-0.3, -0.25) is 14.7 Å². The lowest BCUT2D eigenvalue weighted by Crippen LogP contribution is -2.33. The zero-order valence-corrected chi connectivity index (χ0v) is 9.03. The Hall–Kier alpha value is -1.64. The van der Waals surface area contributed by atoms with Crippen LogP contribution in [0.5, 0.6) is 0 Å². The molecule has 78 valence electrons. The molecule has 0 aromatic heterocycles. The van der Waals surface area contributed by atoms with Crippen LogP contribution in [0.25, 0.3) is 0 Å². The Morgan fingerprint density at radius 3 is 2.67 bits per heavy atom. The highest BCUT2D eigenvalue weighted by Gasteiger charge is 2.22. The van der Waals surface area contributed by atoms with Gasteiger partial charge in [0.2, 0.25) is 0 Å². The molecule has 0 fully saturated rings. The van der Waals surface area contributed by atoms with Crippen molar-refractivity contribution in [2.75, 3.05) is 13.1 Å². The lowest BCUT2D eigenvalue weighted by Gasteiger charge is -2.16. The van der Waals surface area contributed by atoms with Gasteiger partial charge >= 0.3 is 0 Å². The highest BCUT2D eigenvalue weighted by molar-refractivity contribution is 6.07. The van der Waals surface area contributed by atoms with Gasteiger partial charge in [-0.1, -0.05) is 18.2 Å². The topological polar surface area (TPSA) is 32.7 Å². The Kier molecular flexibility index (Phi) is 2.54. The summed E-state index contributed by atoms with van der Waals surface area (Å²) in [6.07, 6.45) is 0. The SMILES string of the molecule is CC1=NCCN1C(=O)c1ccccc1C. The van der Waals surface area contributed by atoms with E-state index in [9.17, 15) is 4.79 Å². The van der Waals surface area contributed by atoms with E-state index in [2.05, 4.69) is 4.99 Å². The molecule has 1 aromatic carbocycles. The summed E-state index contributed by atoms with van der Waals surface area (Å²) in [5.74, 6) is 0.884. The molecular weight excluding hydrogens is 188 g/mol. The van der Waals surface area contributed by atoms with E-state index >= 15 is 0 Å². The maximum Gasteiger partial charge on any atom is 0.259 e. The summed E-state index contributed by atoms with van der Waals surface area (Å²) >= 11 is 0. The minimum atomic E-state index is 0.0619. The van der Waals surface area contributed by atoms with Crippen LogP contribution in [0.2, 0.25) is 0 Å². The molecule has 2 rings (SSSR count). The fourth-order valence-corrected chi connectivity index (χ4v) is 1.77. The molecule has 3 nitrogen and oxygen atoms in total. The molecule has 3 heteroatoms. The van der Waals surface area contributed by atoms with Gasteiger partial charge in [-0.15, -0.1) is 0 Å². The molecule has 0 atom stereocenters. The first kappa shape index (κ1) is 9.90. The Morgan fingerprint density at radius 1 is 1.33 bits per heavy atom. The maximum atomic E-state index is 12.1. The number of amides is 1. The first-order valence-corrected chi connectivity index (χ1v) is 5.08. The van der Waals surface area contributed by atoms with E-state index in [1.807, 2.05) is 38.1 Å². The molecule has 0 radical (unpaired) electrons. The lowest BCUT2D eigenvalue weighted by atomic mass is 10.1. The number of carbonyl (C=O) groups is 1. The minimum Gasteiger partial charge on any atom is -0.295 e. The van der Waals surface area contributed by atoms with Crippen LogP contribution >= 0.6 is 0 Å². The number of aryl methyl sites for hydroxylation is 1. The predicted octanol–water partition coefficient (Wildman–Crippen LogP) is 1.87. The first-order chi connectivity index (χ1) is 7.20. The molecule has 1 aliphatic heterocycles. The second-order valence-electron chi connectivity index (χ2n) is 3.70. The molecule has 0 saturated carbocycles. The van der Waals surface area contributed by atoms with E-state index in [0.717, 1.165) is 23.5 Å². The van der Waals surface area contributed by atoms with Gasteiger partial charge in [0.25, 0.3) is 5.91 Å². The molecule has 0 bridgehead atoms. The van der Waals surface area contributed by atoms with Gasteiger partial charge in [-0.05, 0) is 25.5 Å². The van der Waals surface area contributed by atoms with E-state index in [1.165, 1.54) is 0 Å². The van der Waals surface area contributed by atoms with Gasteiger partial charge in [0.05, 0.1) is 6.54 Å². The third-order valence-corrected chi connectivity index (χ3v) is 2.68. The Labute approximate surface area is 89.4 Å². The van der Waals surface area contributed by atoms with Crippen molar-refractivity contribution in [1.82, 2.24) is 4.90 Å². The normalized spacial score (nSPS) is 15.3. The number of amidine groups is 1. The molecule has 1 aromatic rings. The second-order valence-corrected chi connectivity index (χ2v) is 3.70. The van der Waals surface area contributed by atoms with Gasteiger partial charge in [-0.2, -0.15) is 0 Å². The van der Waals surface area contributed by atoms with Gasteiger partial charge in [0.1, 0.15) is 5.84 Å². The predicted molar refractivity (Wildman–Crippen MR) is 60.2 cm³/mol. The third kappa shape index (κ3) is 1.77. The molecule has 0 N–H and O–H groups in total. The number of nitrogens with zero attached hydrogens (tertiary/aromatic N) is 2. The number of rotatable bonds is 1. The van der Waals surface area contributed by atoms with Crippen molar-refractivity contribution in [2.45, 2.75) is 13.8 Å². The van der Waals surface area contributed by atoms with E-state index in [1.54, 1.807) is 4.90 Å². The summed E-state index contributed by atoms with van der Waals surface area (Å²) in [5.41, 5.74) is 1.79. The van der Waals surface area contributed by atoms with Crippen molar-refractivity contribution in [2.24, 2.45) is 4.99 Å². The zero-order chi connectivity index (χ0) is 10.8. The van der Waals surface area contributed by atoms with Crippen molar-refractivity contribution in [3.05, 3.63) is 35.4 Å². The van der Waals surface area contributed by atoms with Crippen LogP contribution in [0.4, 0.5) is 0 Å². The number of hydrogen-bond donors (Lipinski definition) is 0. The lowest BCUT2D eigenvalue weighted by molar-refractivity contribution is 0.0856. The largest absolute Gasteiger partial charge is 0.295 e. The average molecular weight is 202 g/mol. The Bertz CT molecular complexity index is 423. The monoisotopic (exact) mass is 202 g/mol.